The summed E-state index contributed by atoms with van der Waals surface area (Å²) < 4.78 is 20.1. The van der Waals surface area contributed by atoms with Crippen LogP contribution in [0.25, 0.3) is 11.3 Å². The number of rotatable bonds is 6. The molecule has 1 amide bonds. The molecule has 0 aliphatic heterocycles. The predicted molar refractivity (Wildman–Crippen MR) is 102 cm³/mol. The highest BCUT2D eigenvalue weighted by Crippen LogP contribution is 2.29. The molecule has 0 saturated heterocycles. The van der Waals surface area contributed by atoms with Gasteiger partial charge in [0.05, 0.1) is 11.9 Å². The molecule has 0 radical (unpaired) electrons. The lowest BCUT2D eigenvalue weighted by atomic mass is 10.0. The number of ether oxygens (including phenoxy) is 1. The number of nitrogen functional groups attached to an aromatic ring is 1. The summed E-state index contributed by atoms with van der Waals surface area (Å²) in [4.78, 5) is 11.3. The van der Waals surface area contributed by atoms with Crippen molar-refractivity contribution in [1.29, 1.82) is 0 Å². The first-order chi connectivity index (χ1) is 13.0. The van der Waals surface area contributed by atoms with Crippen LogP contribution in [0.1, 0.15) is 11.1 Å². The highest BCUT2D eigenvalue weighted by molar-refractivity contribution is 5.83. The lowest BCUT2D eigenvalue weighted by Crippen LogP contribution is -2.24. The maximum absolute atomic E-state index is 13.1. The quantitative estimate of drug-likeness (QED) is 0.703. The standard InChI is InChI=1S/C20H19FN4O2/c1-13(14-4-3-5-17(10-14)27-12-19(26)23-2)18-11-24-25(20(18)22)16-8-6-15(21)7-9-16/h3-11H,1,12,22H2,2H3,(H,23,26). The van der Waals surface area contributed by atoms with E-state index in [0.29, 0.717) is 28.4 Å². The maximum Gasteiger partial charge on any atom is 0.257 e. The number of benzene rings is 2. The van der Waals surface area contributed by atoms with Gasteiger partial charge in [-0.15, -0.1) is 0 Å². The molecule has 6 nitrogen and oxygen atoms in total. The Morgan fingerprint density at radius 2 is 2.04 bits per heavy atom. The van der Waals surface area contributed by atoms with E-state index in [0.717, 1.165) is 5.56 Å². The molecule has 3 aromatic rings. The first-order valence-electron chi connectivity index (χ1n) is 8.22. The van der Waals surface area contributed by atoms with E-state index in [-0.39, 0.29) is 18.3 Å². The minimum Gasteiger partial charge on any atom is -0.484 e. The van der Waals surface area contributed by atoms with Crippen LogP contribution in [-0.4, -0.2) is 29.3 Å². The molecule has 0 saturated carbocycles. The topological polar surface area (TPSA) is 82.2 Å². The molecule has 0 aliphatic carbocycles. The third-order valence-electron chi connectivity index (χ3n) is 4.03. The molecule has 138 valence electrons. The molecular weight excluding hydrogens is 347 g/mol. The fraction of sp³-hybridized carbons (Fsp3) is 0.100. The maximum atomic E-state index is 13.1. The second kappa shape index (κ2) is 7.74. The Hall–Kier alpha value is -3.61. The number of aromatic nitrogens is 2. The van der Waals surface area contributed by atoms with Crippen molar-refractivity contribution in [2.24, 2.45) is 0 Å². The summed E-state index contributed by atoms with van der Waals surface area (Å²) in [5.74, 6) is 0.386. The SMILES string of the molecule is C=C(c1cccc(OCC(=O)NC)c1)c1cnn(-c2ccc(F)cc2)c1N. The minimum atomic E-state index is -0.331. The van der Waals surface area contributed by atoms with Gasteiger partial charge in [-0.05, 0) is 47.5 Å². The normalized spacial score (nSPS) is 10.4. The molecule has 0 bridgehead atoms. The van der Waals surface area contributed by atoms with Gasteiger partial charge < -0.3 is 15.8 Å². The Morgan fingerprint density at radius 1 is 1.30 bits per heavy atom. The number of nitrogens with two attached hydrogens (primary N) is 1. The van der Waals surface area contributed by atoms with Gasteiger partial charge in [-0.2, -0.15) is 5.10 Å². The van der Waals surface area contributed by atoms with Crippen molar-refractivity contribution in [2.45, 2.75) is 0 Å². The van der Waals surface area contributed by atoms with Gasteiger partial charge in [0.2, 0.25) is 0 Å². The van der Waals surface area contributed by atoms with E-state index in [4.69, 9.17) is 10.5 Å². The highest BCUT2D eigenvalue weighted by Gasteiger charge is 2.14. The first-order valence-corrected chi connectivity index (χ1v) is 8.22. The predicted octanol–water partition coefficient (Wildman–Crippen LogP) is 2.78. The Morgan fingerprint density at radius 3 is 2.74 bits per heavy atom. The number of hydrogen-bond donors (Lipinski definition) is 2. The summed E-state index contributed by atoms with van der Waals surface area (Å²) in [7, 11) is 1.55. The molecule has 1 heterocycles. The number of carbonyl (C=O) groups is 1. The monoisotopic (exact) mass is 366 g/mol. The van der Waals surface area contributed by atoms with Crippen molar-refractivity contribution in [3.8, 4) is 11.4 Å². The fourth-order valence-corrected chi connectivity index (χ4v) is 2.53. The number of halogens is 1. The van der Waals surface area contributed by atoms with E-state index in [9.17, 15) is 9.18 Å². The number of carbonyl (C=O) groups excluding carboxylic acids is 1. The summed E-state index contributed by atoms with van der Waals surface area (Å²) in [6.07, 6.45) is 1.61. The molecule has 0 aliphatic rings. The molecule has 27 heavy (non-hydrogen) atoms. The minimum absolute atomic E-state index is 0.0724. The Bertz CT molecular complexity index is 980. The molecule has 0 spiro atoms. The summed E-state index contributed by atoms with van der Waals surface area (Å²) in [6, 6.07) is 13.1. The van der Waals surface area contributed by atoms with Gasteiger partial charge in [-0.25, -0.2) is 9.07 Å². The number of amides is 1. The zero-order valence-electron chi connectivity index (χ0n) is 14.8. The molecule has 0 unspecified atom stereocenters. The largest absolute Gasteiger partial charge is 0.484 e. The summed E-state index contributed by atoms with van der Waals surface area (Å²) in [5, 5.41) is 6.77. The fourth-order valence-electron chi connectivity index (χ4n) is 2.53. The lowest BCUT2D eigenvalue weighted by molar-refractivity contribution is -0.122. The van der Waals surface area contributed by atoms with Crippen molar-refractivity contribution in [3.05, 3.63) is 78.3 Å². The van der Waals surface area contributed by atoms with Crippen LogP contribution in [0.3, 0.4) is 0 Å². The third-order valence-corrected chi connectivity index (χ3v) is 4.03. The van der Waals surface area contributed by atoms with Gasteiger partial charge >= 0.3 is 0 Å². The molecule has 2 aromatic carbocycles. The van der Waals surface area contributed by atoms with Crippen LogP contribution in [0, 0.1) is 5.82 Å². The van der Waals surface area contributed by atoms with Gasteiger partial charge in [0.1, 0.15) is 17.4 Å². The molecule has 3 N–H and O–H groups in total. The number of likely N-dealkylation sites (N-methyl/N-ethyl adjacent to an activating group) is 1. The number of nitrogens with zero attached hydrogens (tertiary/aromatic N) is 2. The van der Waals surface area contributed by atoms with E-state index in [2.05, 4.69) is 17.0 Å². The number of anilines is 1. The van der Waals surface area contributed by atoms with Gasteiger partial charge in [0.25, 0.3) is 5.91 Å². The first kappa shape index (κ1) is 18.2. The van der Waals surface area contributed by atoms with Crippen LogP contribution in [0.5, 0.6) is 5.75 Å². The average molecular weight is 366 g/mol. The third kappa shape index (κ3) is 3.98. The van der Waals surface area contributed by atoms with E-state index >= 15 is 0 Å². The van der Waals surface area contributed by atoms with Gasteiger partial charge in [0.15, 0.2) is 6.61 Å². The van der Waals surface area contributed by atoms with Crippen LogP contribution < -0.4 is 15.8 Å². The van der Waals surface area contributed by atoms with E-state index in [1.165, 1.54) is 16.8 Å². The van der Waals surface area contributed by atoms with Crippen molar-refractivity contribution >= 4 is 17.3 Å². The van der Waals surface area contributed by atoms with Crippen LogP contribution in [0.4, 0.5) is 10.2 Å². The number of nitrogens with one attached hydrogen (secondary N) is 1. The molecule has 7 heteroatoms. The van der Waals surface area contributed by atoms with Crippen LogP contribution in [0.15, 0.2) is 61.3 Å². The Balaban J connectivity index is 1.84. The van der Waals surface area contributed by atoms with E-state index < -0.39 is 0 Å². The average Bonchev–Trinajstić information content (AvgIpc) is 3.07. The van der Waals surface area contributed by atoms with E-state index in [1.807, 2.05) is 6.07 Å². The smallest absolute Gasteiger partial charge is 0.257 e. The molecule has 0 atom stereocenters. The van der Waals surface area contributed by atoms with E-state index in [1.54, 1.807) is 43.6 Å². The zero-order chi connectivity index (χ0) is 19.4. The highest BCUT2D eigenvalue weighted by atomic mass is 19.1. The zero-order valence-corrected chi connectivity index (χ0v) is 14.8. The second-order valence-corrected chi connectivity index (χ2v) is 5.80. The van der Waals surface area contributed by atoms with Crippen LogP contribution in [-0.2, 0) is 4.79 Å². The molecule has 1 aromatic heterocycles. The van der Waals surface area contributed by atoms with Gasteiger partial charge in [0, 0.05) is 12.6 Å². The van der Waals surface area contributed by atoms with Crippen molar-refractivity contribution < 1.29 is 13.9 Å². The number of hydrogen-bond acceptors (Lipinski definition) is 4. The second-order valence-electron chi connectivity index (χ2n) is 5.80. The molecular formula is C20H19FN4O2. The molecule has 0 fully saturated rings. The lowest BCUT2D eigenvalue weighted by Gasteiger charge is -2.10. The Kier molecular flexibility index (Phi) is 5.21. The van der Waals surface area contributed by atoms with Gasteiger partial charge in [-0.3, -0.25) is 4.79 Å². The summed E-state index contributed by atoms with van der Waals surface area (Å²) in [5.41, 5.74) is 8.98. The summed E-state index contributed by atoms with van der Waals surface area (Å²) in [6.45, 7) is 4.03. The summed E-state index contributed by atoms with van der Waals surface area (Å²) >= 11 is 0. The van der Waals surface area contributed by atoms with Crippen LogP contribution in [0.2, 0.25) is 0 Å². The van der Waals surface area contributed by atoms with Crippen molar-refractivity contribution in [3.63, 3.8) is 0 Å². The van der Waals surface area contributed by atoms with Gasteiger partial charge in [-0.1, -0.05) is 18.7 Å². The Labute approximate surface area is 156 Å². The van der Waals surface area contributed by atoms with Crippen LogP contribution >= 0.6 is 0 Å². The van der Waals surface area contributed by atoms with Crippen molar-refractivity contribution in [2.75, 3.05) is 19.4 Å². The van der Waals surface area contributed by atoms with Crippen molar-refractivity contribution in [1.82, 2.24) is 15.1 Å². The molecule has 3 rings (SSSR count).